The maximum absolute atomic E-state index is 13.6. The lowest BCUT2D eigenvalue weighted by atomic mass is 9.91. The molecule has 1 aliphatic rings. The number of phenolic OH excluding ortho intramolecular Hbond substituents is 2. The molecule has 0 heterocycles. The zero-order valence-corrected chi connectivity index (χ0v) is 27.1. The minimum atomic E-state index is -5.06. The molecule has 0 amide bonds. The average molecular weight is 743 g/mol. The van der Waals surface area contributed by atoms with E-state index in [4.69, 9.17) is 0 Å². The second-order valence-electron chi connectivity index (χ2n) is 10.9. The summed E-state index contributed by atoms with van der Waals surface area (Å²) < 4.78 is 137. The van der Waals surface area contributed by atoms with Crippen molar-refractivity contribution < 1.29 is 72.3 Å². The van der Waals surface area contributed by atoms with Gasteiger partial charge in [0, 0.05) is 30.4 Å². The van der Waals surface area contributed by atoms with Crippen molar-refractivity contribution in [3.63, 3.8) is 0 Å². The summed E-state index contributed by atoms with van der Waals surface area (Å²) in [5, 5.41) is 49.6. The Kier molecular flexibility index (Phi) is 8.54. The van der Waals surface area contributed by atoms with Gasteiger partial charge in [0.25, 0.3) is 40.5 Å². The van der Waals surface area contributed by atoms with Gasteiger partial charge in [-0.15, -0.1) is 11.5 Å². The number of benzene rings is 4. The number of fused-ring (bicyclic) bond motifs is 8. The highest BCUT2D eigenvalue weighted by Crippen LogP contribution is 2.39. The van der Waals surface area contributed by atoms with E-state index >= 15 is 0 Å². The third kappa shape index (κ3) is 6.96. The Morgan fingerprint density at radius 1 is 0.375 bits per heavy atom. The van der Waals surface area contributed by atoms with E-state index in [-0.39, 0.29) is 11.1 Å². The van der Waals surface area contributed by atoms with E-state index in [2.05, 4.69) is 0 Å². The summed E-state index contributed by atoms with van der Waals surface area (Å²) in [7, 11) is -20.2. The zero-order chi connectivity index (χ0) is 35.7. The molecule has 5 rings (SSSR count). The van der Waals surface area contributed by atoms with E-state index in [0.717, 1.165) is 24.3 Å². The first-order valence-electron chi connectivity index (χ1n) is 13.2. The van der Waals surface area contributed by atoms with Crippen molar-refractivity contribution in [1.82, 2.24) is 0 Å². The van der Waals surface area contributed by atoms with Crippen LogP contribution in [0.15, 0.2) is 68.1 Å². The van der Waals surface area contributed by atoms with Gasteiger partial charge in [0.05, 0.1) is 19.6 Å². The number of aromatic hydroxyl groups is 2. The Morgan fingerprint density at radius 2 is 0.542 bits per heavy atom. The summed E-state index contributed by atoms with van der Waals surface area (Å²) in [6, 6.07) is 5.79. The zero-order valence-electron chi connectivity index (χ0n) is 23.8. The van der Waals surface area contributed by atoms with Gasteiger partial charge in [-0.1, -0.05) is 0 Å². The van der Waals surface area contributed by atoms with Crippen LogP contribution in [0, 0.1) is 0 Å². The van der Waals surface area contributed by atoms with Crippen molar-refractivity contribution in [2.24, 2.45) is 0 Å². The summed E-state index contributed by atoms with van der Waals surface area (Å²) in [5.41, 5.74) is -3.59. The van der Waals surface area contributed by atoms with Crippen LogP contribution >= 0.6 is 0 Å². The van der Waals surface area contributed by atoms with Gasteiger partial charge in [-0.2, -0.15) is 33.7 Å². The highest BCUT2D eigenvalue weighted by molar-refractivity contribution is 7.86. The summed E-state index contributed by atoms with van der Waals surface area (Å²) in [6.07, 6.45) is -3.05. The van der Waals surface area contributed by atoms with E-state index in [1.807, 2.05) is 0 Å². The van der Waals surface area contributed by atoms with E-state index in [1.54, 1.807) is 0 Å². The van der Waals surface area contributed by atoms with Gasteiger partial charge in [-0.3, -0.25) is 18.2 Å². The summed E-state index contributed by atoms with van der Waals surface area (Å²) in [6.45, 7) is 0. The predicted octanol–water partition coefficient (Wildman–Crippen LogP) is 0.908. The topological polar surface area (TPSA) is 304 Å². The molecule has 4 aromatic carbocycles. The second-order valence-corrected chi connectivity index (χ2v) is 16.6. The molecule has 0 fully saturated rings. The molecule has 6 N–H and O–H groups in total. The molecular formula is C28H22O16S4-2. The smallest absolute Gasteiger partial charge is 0.294 e. The molecule has 0 spiro atoms. The van der Waals surface area contributed by atoms with Crippen LogP contribution in [-0.4, -0.2) is 62.1 Å². The van der Waals surface area contributed by atoms with Crippen LogP contribution < -0.4 is 10.2 Å². The molecule has 0 unspecified atom stereocenters. The number of phenols is 2. The van der Waals surface area contributed by atoms with Gasteiger partial charge in [0.1, 0.15) is 11.5 Å². The molecule has 1 aliphatic carbocycles. The van der Waals surface area contributed by atoms with Gasteiger partial charge < -0.3 is 20.4 Å². The van der Waals surface area contributed by atoms with Crippen molar-refractivity contribution in [2.45, 2.75) is 45.3 Å². The normalized spacial score (nSPS) is 14.1. The van der Waals surface area contributed by atoms with Gasteiger partial charge in [0.15, 0.2) is 0 Å². The predicted molar refractivity (Wildman–Crippen MR) is 158 cm³/mol. The second kappa shape index (κ2) is 11.7. The lowest BCUT2D eigenvalue weighted by Gasteiger charge is -2.25. The van der Waals surface area contributed by atoms with Crippen molar-refractivity contribution in [3.05, 3.63) is 93.0 Å². The Morgan fingerprint density at radius 3 is 0.750 bits per heavy atom. The largest absolute Gasteiger partial charge is 0.872 e. The Labute approximate surface area is 273 Å². The fourth-order valence-electron chi connectivity index (χ4n) is 5.38. The minimum absolute atomic E-state index is 0.389. The molecule has 48 heavy (non-hydrogen) atoms. The van der Waals surface area contributed by atoms with Crippen LogP contribution in [-0.2, 0) is 66.2 Å². The van der Waals surface area contributed by atoms with Crippen molar-refractivity contribution in [1.29, 1.82) is 0 Å². The molecule has 0 saturated carbocycles. The Bertz CT molecular complexity index is 2040. The van der Waals surface area contributed by atoms with Gasteiger partial charge >= 0.3 is 0 Å². The van der Waals surface area contributed by atoms with Gasteiger partial charge in [-0.05, 0) is 88.3 Å². The molecule has 4 aromatic rings. The monoisotopic (exact) mass is 742 g/mol. The molecule has 0 aromatic heterocycles. The highest BCUT2D eigenvalue weighted by Gasteiger charge is 2.24. The molecule has 0 saturated heterocycles. The van der Waals surface area contributed by atoms with Crippen LogP contribution in [0.4, 0.5) is 0 Å². The number of hydrogen-bond donors (Lipinski definition) is 6. The molecule has 8 bridgehead atoms. The maximum atomic E-state index is 13.6. The third-order valence-corrected chi connectivity index (χ3v) is 11.0. The third-order valence-electron chi connectivity index (χ3n) is 7.63. The van der Waals surface area contributed by atoms with Crippen LogP contribution in [0.2, 0.25) is 0 Å². The van der Waals surface area contributed by atoms with Crippen LogP contribution in [0.1, 0.15) is 44.5 Å². The lowest BCUT2D eigenvalue weighted by Crippen LogP contribution is -2.12. The molecule has 0 atom stereocenters. The first-order valence-corrected chi connectivity index (χ1v) is 18.9. The molecule has 0 radical (unpaired) electrons. The van der Waals surface area contributed by atoms with E-state index in [1.165, 1.54) is 0 Å². The SMILES string of the molecule is O=S(=O)(O)c1cc2c([O-])c(c1)Cc1cc(S(=O)(=O)O)cc(c1O)Cc1cc(S(=O)(=O)O)cc(c1O)Cc1cc(S(=O)(=O)O)cc(c1[O-])C2. The summed E-state index contributed by atoms with van der Waals surface area (Å²) in [4.78, 5) is -3.40. The molecule has 256 valence electrons. The van der Waals surface area contributed by atoms with Crippen LogP contribution in [0.5, 0.6) is 23.0 Å². The maximum Gasteiger partial charge on any atom is 0.294 e. The van der Waals surface area contributed by atoms with Gasteiger partial charge in [0.2, 0.25) is 0 Å². The quantitative estimate of drug-likeness (QED) is 0.139. The summed E-state index contributed by atoms with van der Waals surface area (Å²) >= 11 is 0. The van der Waals surface area contributed by atoms with Crippen LogP contribution in [0.3, 0.4) is 0 Å². The highest BCUT2D eigenvalue weighted by atomic mass is 32.2. The standard InChI is InChI=1S/C28H24O16S4/c29-25-13-1-14-6-22(46(36,37)38)8-16(26(14)30)3-18-10-24(48(42,43)44)12-20(28(18)32)4-19-11-23(47(39,40)41)9-17(27(19)31)2-15(25)7-21(5-13)45(33,34)35/h5-12,29-32H,1-4H2,(H,33,34,35)(H,36,37,38)(H,39,40,41)(H,42,43,44)/p-2. The fourth-order valence-corrected chi connectivity index (χ4v) is 7.71. The van der Waals surface area contributed by atoms with Crippen LogP contribution in [0.25, 0.3) is 0 Å². The van der Waals surface area contributed by atoms with Crippen molar-refractivity contribution >= 4 is 40.5 Å². The molecular weight excluding hydrogens is 721 g/mol. The van der Waals surface area contributed by atoms with Gasteiger partial charge in [-0.25, -0.2) is 0 Å². The summed E-state index contributed by atoms with van der Waals surface area (Å²) in [5.74, 6) is -3.44. The number of hydrogen-bond acceptors (Lipinski definition) is 12. The van der Waals surface area contributed by atoms with Crippen molar-refractivity contribution in [3.8, 4) is 23.0 Å². The number of rotatable bonds is 4. The van der Waals surface area contributed by atoms with Crippen molar-refractivity contribution in [2.75, 3.05) is 0 Å². The Hall–Kier alpha value is -4.28. The minimum Gasteiger partial charge on any atom is -0.872 e. The molecule has 20 heteroatoms. The average Bonchev–Trinajstić information content (AvgIpc) is 2.93. The lowest BCUT2D eigenvalue weighted by molar-refractivity contribution is -0.271. The fraction of sp³-hybridized carbons (Fsp3) is 0.143. The first kappa shape index (κ1) is 35.0. The first-order chi connectivity index (χ1) is 21.9. The molecule has 0 aliphatic heterocycles. The molecule has 16 nitrogen and oxygen atoms in total. The van der Waals surface area contributed by atoms with E-state index < -0.39 is 142 Å². The Balaban J connectivity index is 1.93. The van der Waals surface area contributed by atoms with E-state index in [0.29, 0.717) is 24.3 Å². The van der Waals surface area contributed by atoms with E-state index in [9.17, 15) is 72.3 Å².